The van der Waals surface area contributed by atoms with Gasteiger partial charge in [0, 0.05) is 24.7 Å². The summed E-state index contributed by atoms with van der Waals surface area (Å²) < 4.78 is 0. The van der Waals surface area contributed by atoms with Crippen LogP contribution in [-0.4, -0.2) is 11.0 Å². The normalized spacial score (nSPS) is 36.1. The number of nitrogens with zero attached hydrogens (tertiary/aromatic N) is 1. The average Bonchev–Trinajstić information content (AvgIpc) is 2.51. The van der Waals surface area contributed by atoms with Crippen LogP contribution >= 0.6 is 0 Å². The quantitative estimate of drug-likeness (QED) is 0.651. The van der Waals surface area contributed by atoms with Gasteiger partial charge in [-0.2, -0.15) is 0 Å². The molecular formula is C19H26N2O2. The van der Waals surface area contributed by atoms with Crippen LogP contribution in [0.2, 0.25) is 0 Å². The third kappa shape index (κ3) is 2.78. The molecule has 4 fully saturated rings. The van der Waals surface area contributed by atoms with E-state index >= 15 is 0 Å². The number of nitro groups is 1. The van der Waals surface area contributed by atoms with Crippen LogP contribution in [0.3, 0.4) is 0 Å². The smallest absolute Gasteiger partial charge is 0.269 e. The van der Waals surface area contributed by atoms with E-state index in [0.717, 1.165) is 29.9 Å². The molecule has 5 rings (SSSR count). The zero-order valence-electron chi connectivity index (χ0n) is 13.8. The van der Waals surface area contributed by atoms with Crippen molar-refractivity contribution in [1.29, 1.82) is 0 Å². The zero-order chi connectivity index (χ0) is 16.0. The monoisotopic (exact) mass is 314 g/mol. The lowest BCUT2D eigenvalue weighted by atomic mass is 9.48. The molecule has 4 heteroatoms. The van der Waals surface area contributed by atoms with Gasteiger partial charge in [-0.3, -0.25) is 10.1 Å². The largest absolute Gasteiger partial charge is 0.310 e. The number of rotatable bonds is 5. The summed E-state index contributed by atoms with van der Waals surface area (Å²) in [5.41, 5.74) is 1.81. The summed E-state index contributed by atoms with van der Waals surface area (Å²) in [6.07, 6.45) is 8.67. The molecule has 0 aliphatic heterocycles. The highest BCUT2D eigenvalue weighted by atomic mass is 16.6. The van der Waals surface area contributed by atoms with E-state index in [0.29, 0.717) is 11.5 Å². The summed E-state index contributed by atoms with van der Waals surface area (Å²) in [6, 6.07) is 7.49. The van der Waals surface area contributed by atoms with Crippen molar-refractivity contribution in [3.8, 4) is 0 Å². The minimum absolute atomic E-state index is 0.169. The molecule has 4 aliphatic rings. The lowest BCUT2D eigenvalue weighted by Crippen LogP contribution is -2.54. The second kappa shape index (κ2) is 5.59. The first-order chi connectivity index (χ1) is 11.0. The van der Waals surface area contributed by atoms with Gasteiger partial charge in [-0.15, -0.1) is 0 Å². The van der Waals surface area contributed by atoms with E-state index in [4.69, 9.17) is 0 Å². The highest BCUT2D eigenvalue weighted by Crippen LogP contribution is 2.61. The molecule has 1 atom stereocenters. The highest BCUT2D eigenvalue weighted by Gasteiger charge is 2.52. The Bertz CT molecular complexity index is 561. The van der Waals surface area contributed by atoms with E-state index in [1.165, 1.54) is 38.5 Å². The first-order valence-corrected chi connectivity index (χ1v) is 9.01. The summed E-state index contributed by atoms with van der Waals surface area (Å²) >= 11 is 0. The topological polar surface area (TPSA) is 55.2 Å². The lowest BCUT2D eigenvalue weighted by Gasteiger charge is -2.59. The van der Waals surface area contributed by atoms with Gasteiger partial charge in [0.1, 0.15) is 0 Å². The van der Waals surface area contributed by atoms with Crippen molar-refractivity contribution in [2.75, 3.05) is 0 Å². The Morgan fingerprint density at radius 2 is 1.65 bits per heavy atom. The van der Waals surface area contributed by atoms with Crippen LogP contribution in [0.15, 0.2) is 24.3 Å². The molecule has 124 valence electrons. The maximum absolute atomic E-state index is 10.7. The van der Waals surface area contributed by atoms with Crippen LogP contribution in [0, 0.1) is 33.3 Å². The molecule has 0 amide bonds. The van der Waals surface area contributed by atoms with Crippen LogP contribution < -0.4 is 5.32 Å². The van der Waals surface area contributed by atoms with Gasteiger partial charge in [-0.25, -0.2) is 0 Å². The molecule has 4 saturated carbocycles. The summed E-state index contributed by atoms with van der Waals surface area (Å²) in [7, 11) is 0. The zero-order valence-corrected chi connectivity index (χ0v) is 13.8. The van der Waals surface area contributed by atoms with Crippen molar-refractivity contribution in [3.63, 3.8) is 0 Å². The summed E-state index contributed by atoms with van der Waals surface area (Å²) in [5.74, 6) is 2.93. The molecule has 0 radical (unpaired) electrons. The van der Waals surface area contributed by atoms with Gasteiger partial charge in [0.15, 0.2) is 0 Å². The Kier molecular flexibility index (Phi) is 3.67. The summed E-state index contributed by atoms with van der Waals surface area (Å²) in [5, 5.41) is 14.5. The highest BCUT2D eigenvalue weighted by molar-refractivity contribution is 5.32. The van der Waals surface area contributed by atoms with Gasteiger partial charge in [0.05, 0.1) is 4.92 Å². The first-order valence-electron chi connectivity index (χ1n) is 9.01. The minimum atomic E-state index is -0.338. The van der Waals surface area contributed by atoms with Gasteiger partial charge in [0.25, 0.3) is 5.69 Å². The van der Waals surface area contributed by atoms with Gasteiger partial charge in [0.2, 0.25) is 0 Å². The van der Waals surface area contributed by atoms with Gasteiger partial charge in [-0.05, 0) is 74.2 Å². The Balaban J connectivity index is 1.40. The number of benzene rings is 1. The number of hydrogen-bond donors (Lipinski definition) is 1. The average molecular weight is 314 g/mol. The fraction of sp³-hybridized carbons (Fsp3) is 0.684. The standard InChI is InChI=1S/C19H26N2O2/c1-13(20-12-14-2-4-18(5-3-14)21(22)23)19-9-15-6-16(10-19)8-17(7-15)11-19/h2-5,13,15-17,20H,6-12H2,1H3. The SMILES string of the molecule is CC(NCc1ccc([N+](=O)[O-])cc1)C12CC3CC(CC(C3)C1)C2. The molecular weight excluding hydrogens is 288 g/mol. The lowest BCUT2D eigenvalue weighted by molar-refractivity contribution is -0.384. The number of nitrogens with one attached hydrogen (secondary N) is 1. The number of non-ortho nitro benzene ring substituents is 1. The molecule has 4 aliphatic carbocycles. The molecule has 0 saturated heterocycles. The van der Waals surface area contributed by atoms with Crippen LogP contribution in [0.4, 0.5) is 5.69 Å². The second-order valence-electron chi connectivity index (χ2n) is 8.31. The maximum Gasteiger partial charge on any atom is 0.269 e. The Morgan fingerprint density at radius 3 is 2.13 bits per heavy atom. The Labute approximate surface area is 137 Å². The Hall–Kier alpha value is -1.42. The van der Waals surface area contributed by atoms with Crippen LogP contribution in [0.1, 0.15) is 51.0 Å². The predicted molar refractivity (Wildman–Crippen MR) is 90.0 cm³/mol. The molecule has 4 nitrogen and oxygen atoms in total. The summed E-state index contributed by atoms with van der Waals surface area (Å²) in [4.78, 5) is 10.4. The number of hydrogen-bond acceptors (Lipinski definition) is 3. The van der Waals surface area contributed by atoms with Crippen LogP contribution in [-0.2, 0) is 6.54 Å². The molecule has 1 aromatic carbocycles. The van der Waals surface area contributed by atoms with E-state index in [1.54, 1.807) is 12.1 Å². The maximum atomic E-state index is 10.7. The van der Waals surface area contributed by atoms with E-state index < -0.39 is 0 Å². The minimum Gasteiger partial charge on any atom is -0.310 e. The van der Waals surface area contributed by atoms with E-state index in [-0.39, 0.29) is 10.6 Å². The van der Waals surface area contributed by atoms with E-state index in [1.807, 2.05) is 12.1 Å². The van der Waals surface area contributed by atoms with Crippen LogP contribution in [0.5, 0.6) is 0 Å². The predicted octanol–water partition coefficient (Wildman–Crippen LogP) is 4.29. The van der Waals surface area contributed by atoms with Crippen LogP contribution in [0.25, 0.3) is 0 Å². The third-order valence-corrected chi connectivity index (χ3v) is 6.76. The molecule has 1 N–H and O–H groups in total. The van der Waals surface area contributed by atoms with Gasteiger partial charge in [-0.1, -0.05) is 12.1 Å². The molecule has 1 aromatic rings. The van der Waals surface area contributed by atoms with Crippen molar-refractivity contribution in [3.05, 3.63) is 39.9 Å². The molecule has 4 bridgehead atoms. The summed E-state index contributed by atoms with van der Waals surface area (Å²) in [6.45, 7) is 3.17. The van der Waals surface area contributed by atoms with E-state index in [2.05, 4.69) is 12.2 Å². The molecule has 0 spiro atoms. The molecule has 1 unspecified atom stereocenters. The van der Waals surface area contributed by atoms with Crippen molar-refractivity contribution >= 4 is 5.69 Å². The number of nitro benzene ring substituents is 1. The fourth-order valence-corrected chi connectivity index (χ4v) is 5.93. The second-order valence-corrected chi connectivity index (χ2v) is 8.31. The van der Waals surface area contributed by atoms with Crippen molar-refractivity contribution in [2.45, 2.75) is 58.0 Å². The Morgan fingerprint density at radius 1 is 1.13 bits per heavy atom. The first kappa shape index (κ1) is 15.1. The molecule has 0 heterocycles. The molecule has 23 heavy (non-hydrogen) atoms. The molecule has 0 aromatic heterocycles. The van der Waals surface area contributed by atoms with Crippen molar-refractivity contribution < 1.29 is 4.92 Å². The third-order valence-electron chi connectivity index (χ3n) is 6.76. The van der Waals surface area contributed by atoms with Crippen molar-refractivity contribution in [2.24, 2.45) is 23.2 Å². The van der Waals surface area contributed by atoms with E-state index in [9.17, 15) is 10.1 Å². The fourth-order valence-electron chi connectivity index (χ4n) is 5.93. The van der Waals surface area contributed by atoms with Crippen molar-refractivity contribution in [1.82, 2.24) is 5.32 Å². The van der Waals surface area contributed by atoms with Gasteiger partial charge >= 0.3 is 0 Å². The van der Waals surface area contributed by atoms with Gasteiger partial charge < -0.3 is 5.32 Å².